The Morgan fingerprint density at radius 1 is 1.21 bits per heavy atom. The number of amides is 3. The van der Waals surface area contributed by atoms with Crippen LogP contribution < -0.4 is 16.0 Å². The highest BCUT2D eigenvalue weighted by Gasteiger charge is 2.14. The molecule has 0 aliphatic rings. The minimum atomic E-state index is -0.433. The van der Waals surface area contributed by atoms with Crippen LogP contribution in [0.3, 0.4) is 0 Å². The van der Waals surface area contributed by atoms with Crippen LogP contribution in [-0.2, 0) is 17.8 Å². The van der Waals surface area contributed by atoms with Crippen molar-refractivity contribution in [2.24, 2.45) is 5.92 Å². The van der Waals surface area contributed by atoms with Crippen LogP contribution in [0.25, 0.3) is 10.6 Å². The number of benzene rings is 1. The normalized spacial score (nSPS) is 11.5. The highest BCUT2D eigenvalue weighted by molar-refractivity contribution is 9.10. The number of aromatic nitrogens is 2. The molecule has 174 valence electrons. The van der Waals surface area contributed by atoms with Gasteiger partial charge in [-0.3, -0.25) is 5.32 Å². The minimum Gasteiger partial charge on any atom is -0.445 e. The van der Waals surface area contributed by atoms with Gasteiger partial charge in [-0.05, 0) is 46.8 Å². The zero-order chi connectivity index (χ0) is 23.6. The maximum absolute atomic E-state index is 12.0. The van der Waals surface area contributed by atoms with Gasteiger partial charge in [0.25, 0.3) is 0 Å². The van der Waals surface area contributed by atoms with Crippen molar-refractivity contribution in [3.63, 3.8) is 0 Å². The van der Waals surface area contributed by atoms with E-state index in [0.717, 1.165) is 26.3 Å². The Morgan fingerprint density at radius 3 is 2.76 bits per heavy atom. The van der Waals surface area contributed by atoms with Crippen molar-refractivity contribution in [1.29, 1.82) is 0 Å². The largest absolute Gasteiger partial charge is 0.445 e. The number of alkyl carbamates (subject to hydrolysis) is 1. The zero-order valence-electron chi connectivity index (χ0n) is 18.4. The average Bonchev–Trinajstić information content (AvgIpc) is 3.26. The second kappa shape index (κ2) is 12.3. The molecule has 0 saturated heterocycles. The van der Waals surface area contributed by atoms with Gasteiger partial charge in [0, 0.05) is 34.7 Å². The van der Waals surface area contributed by atoms with E-state index in [1.54, 1.807) is 12.3 Å². The van der Waals surface area contributed by atoms with Crippen molar-refractivity contribution >= 4 is 45.2 Å². The second-order valence-corrected chi connectivity index (χ2v) is 9.14. The first kappa shape index (κ1) is 24.7. The molecule has 3 amide bonds. The number of pyridine rings is 1. The summed E-state index contributed by atoms with van der Waals surface area (Å²) in [7, 11) is 0. The molecule has 3 N–H and O–H groups in total. The van der Waals surface area contributed by atoms with Gasteiger partial charge in [0.1, 0.15) is 17.4 Å². The van der Waals surface area contributed by atoms with Crippen molar-refractivity contribution in [3.05, 3.63) is 63.7 Å². The molecule has 1 aromatic carbocycles. The molecule has 0 fully saturated rings. The lowest BCUT2D eigenvalue weighted by Crippen LogP contribution is -2.29. The van der Waals surface area contributed by atoms with Gasteiger partial charge in [-0.2, -0.15) is 0 Å². The summed E-state index contributed by atoms with van der Waals surface area (Å²) in [4.78, 5) is 32.7. The van der Waals surface area contributed by atoms with Gasteiger partial charge < -0.3 is 15.4 Å². The van der Waals surface area contributed by atoms with Gasteiger partial charge in [0.15, 0.2) is 0 Å². The predicted molar refractivity (Wildman–Crippen MR) is 133 cm³/mol. The maximum Gasteiger partial charge on any atom is 0.407 e. The molecule has 8 nitrogen and oxygen atoms in total. The second-order valence-electron chi connectivity index (χ2n) is 7.43. The Hall–Kier alpha value is -2.98. The smallest absolute Gasteiger partial charge is 0.407 e. The molecule has 33 heavy (non-hydrogen) atoms. The summed E-state index contributed by atoms with van der Waals surface area (Å²) >= 11 is 5.03. The number of hydrogen-bond acceptors (Lipinski definition) is 6. The first-order chi connectivity index (χ1) is 15.9. The van der Waals surface area contributed by atoms with Gasteiger partial charge in [-0.15, -0.1) is 11.3 Å². The fourth-order valence-electron chi connectivity index (χ4n) is 2.98. The quantitative estimate of drug-likeness (QED) is 0.351. The Bertz CT molecular complexity index is 1080. The van der Waals surface area contributed by atoms with Crippen molar-refractivity contribution < 1.29 is 14.3 Å². The van der Waals surface area contributed by atoms with E-state index in [4.69, 9.17) is 9.72 Å². The number of carbonyl (C=O) groups is 2. The highest BCUT2D eigenvalue weighted by atomic mass is 79.9. The molecule has 0 saturated carbocycles. The van der Waals surface area contributed by atoms with Gasteiger partial charge >= 0.3 is 12.1 Å². The van der Waals surface area contributed by atoms with Gasteiger partial charge in [0.05, 0.1) is 5.69 Å². The lowest BCUT2D eigenvalue weighted by molar-refractivity contribution is 0.138. The molecule has 0 spiro atoms. The summed E-state index contributed by atoms with van der Waals surface area (Å²) in [5.41, 5.74) is 2.73. The third-order valence-corrected chi connectivity index (χ3v) is 6.14. The molecule has 3 rings (SSSR count). The number of ether oxygens (including phenoxy) is 1. The van der Waals surface area contributed by atoms with Crippen LogP contribution in [0.4, 0.5) is 15.4 Å². The first-order valence-electron chi connectivity index (χ1n) is 10.5. The SMILES string of the molecule is CCNC(=O)Nc1cc(-c2nc(CC(C)CNC(=O)OCc3ccccc3)cs2)c(Br)cn1. The number of carbonyl (C=O) groups excluding carboxylic acids is 2. The molecule has 2 aromatic heterocycles. The molecule has 0 radical (unpaired) electrons. The summed E-state index contributed by atoms with van der Waals surface area (Å²) in [5, 5.41) is 11.0. The summed E-state index contributed by atoms with van der Waals surface area (Å²) in [6.45, 7) is 5.16. The molecular weight excluding hydrogens is 506 g/mol. The van der Waals surface area contributed by atoms with Gasteiger partial charge in [-0.1, -0.05) is 37.3 Å². The minimum absolute atomic E-state index is 0.181. The van der Waals surface area contributed by atoms with Crippen LogP contribution in [0.15, 0.2) is 52.4 Å². The summed E-state index contributed by atoms with van der Waals surface area (Å²) in [6, 6.07) is 11.0. The highest BCUT2D eigenvalue weighted by Crippen LogP contribution is 2.32. The number of thiazole rings is 1. The fourth-order valence-corrected chi connectivity index (χ4v) is 4.38. The molecule has 2 heterocycles. The standard InChI is InChI=1S/C23H26BrN5O3S/c1-3-25-22(30)29-20-10-18(19(24)12-26-20)21-28-17(14-33-21)9-15(2)11-27-23(31)32-13-16-7-5-4-6-8-16/h4-8,10,12,14-15H,3,9,11,13H2,1-2H3,(H,27,31)(H2,25,26,29,30). The Balaban J connectivity index is 1.51. The number of hydrogen-bond donors (Lipinski definition) is 3. The van der Waals surface area contributed by atoms with E-state index in [9.17, 15) is 9.59 Å². The molecule has 0 bridgehead atoms. The number of anilines is 1. The van der Waals surface area contributed by atoms with E-state index in [1.165, 1.54) is 11.3 Å². The molecule has 1 unspecified atom stereocenters. The molecular formula is C23H26BrN5O3S. The lowest BCUT2D eigenvalue weighted by atomic mass is 10.1. The molecule has 0 aliphatic carbocycles. The monoisotopic (exact) mass is 531 g/mol. The molecule has 3 aromatic rings. The summed E-state index contributed by atoms with van der Waals surface area (Å²) in [5.74, 6) is 0.627. The Kier molecular flexibility index (Phi) is 9.20. The third-order valence-electron chi connectivity index (χ3n) is 4.58. The molecule has 0 aliphatic heterocycles. The maximum atomic E-state index is 12.0. The summed E-state index contributed by atoms with van der Waals surface area (Å²) < 4.78 is 6.04. The Morgan fingerprint density at radius 2 is 2.00 bits per heavy atom. The number of rotatable bonds is 9. The van der Waals surface area contributed by atoms with Crippen LogP contribution in [0, 0.1) is 5.92 Å². The van der Waals surface area contributed by atoms with Crippen LogP contribution in [0.5, 0.6) is 0 Å². The average molecular weight is 532 g/mol. The Labute approximate surface area is 205 Å². The van der Waals surface area contributed by atoms with Gasteiger partial charge in [-0.25, -0.2) is 19.6 Å². The summed E-state index contributed by atoms with van der Waals surface area (Å²) in [6.07, 6.45) is 1.92. The number of halogens is 1. The lowest BCUT2D eigenvalue weighted by Gasteiger charge is -2.12. The van der Waals surface area contributed by atoms with Crippen molar-refractivity contribution in [3.8, 4) is 10.6 Å². The first-order valence-corrected chi connectivity index (χ1v) is 12.2. The van der Waals surface area contributed by atoms with E-state index in [2.05, 4.69) is 36.9 Å². The van der Waals surface area contributed by atoms with Crippen LogP contribution in [0.1, 0.15) is 25.1 Å². The van der Waals surface area contributed by atoms with E-state index in [1.807, 2.05) is 49.6 Å². The van der Waals surface area contributed by atoms with Crippen LogP contribution in [0.2, 0.25) is 0 Å². The fraction of sp³-hybridized carbons (Fsp3) is 0.304. The zero-order valence-corrected chi connectivity index (χ0v) is 20.8. The predicted octanol–water partition coefficient (Wildman–Crippen LogP) is 5.21. The van der Waals surface area contributed by atoms with Crippen LogP contribution in [-0.4, -0.2) is 35.2 Å². The number of urea groups is 1. The number of nitrogens with zero attached hydrogens (tertiary/aromatic N) is 2. The van der Waals surface area contributed by atoms with E-state index in [0.29, 0.717) is 25.3 Å². The number of nitrogens with one attached hydrogen (secondary N) is 3. The van der Waals surface area contributed by atoms with Crippen molar-refractivity contribution in [2.75, 3.05) is 18.4 Å². The van der Waals surface area contributed by atoms with Crippen molar-refractivity contribution in [2.45, 2.75) is 26.9 Å². The topological polar surface area (TPSA) is 105 Å². The molecule has 10 heteroatoms. The van der Waals surface area contributed by atoms with E-state index in [-0.39, 0.29) is 18.6 Å². The van der Waals surface area contributed by atoms with Crippen LogP contribution >= 0.6 is 27.3 Å². The van der Waals surface area contributed by atoms with Crippen molar-refractivity contribution in [1.82, 2.24) is 20.6 Å². The van der Waals surface area contributed by atoms with E-state index < -0.39 is 6.09 Å². The van der Waals surface area contributed by atoms with E-state index >= 15 is 0 Å². The van der Waals surface area contributed by atoms with Gasteiger partial charge in [0.2, 0.25) is 0 Å². The third kappa shape index (κ3) is 7.83. The molecule has 1 atom stereocenters.